The molecule has 0 saturated heterocycles. The van der Waals surface area contributed by atoms with Crippen LogP contribution in [0.1, 0.15) is 6.92 Å². The van der Waals surface area contributed by atoms with E-state index >= 15 is 0 Å². The van der Waals surface area contributed by atoms with Crippen molar-refractivity contribution in [2.75, 3.05) is 12.4 Å². The maximum Gasteiger partial charge on any atom is 0.237 e. The van der Waals surface area contributed by atoms with Crippen molar-refractivity contribution in [3.8, 4) is 5.75 Å². The third kappa shape index (κ3) is 4.49. The van der Waals surface area contributed by atoms with Crippen LogP contribution in [0.2, 0.25) is 0 Å². The molecule has 2 aromatic carbocycles. The third-order valence-electron chi connectivity index (χ3n) is 2.83. The second-order valence-corrected chi connectivity index (χ2v) is 5.85. The highest BCUT2D eigenvalue weighted by Gasteiger charge is 2.14. The molecule has 0 saturated carbocycles. The first-order chi connectivity index (χ1) is 10.1. The van der Waals surface area contributed by atoms with Gasteiger partial charge in [0.2, 0.25) is 5.91 Å². The molecule has 1 N–H and O–H groups in total. The van der Waals surface area contributed by atoms with Gasteiger partial charge in [0.05, 0.1) is 12.4 Å². The van der Waals surface area contributed by atoms with Crippen LogP contribution in [0.15, 0.2) is 53.4 Å². The first-order valence-corrected chi connectivity index (χ1v) is 7.33. The Bertz CT molecular complexity index is 616. The second kappa shape index (κ2) is 7.13. The zero-order chi connectivity index (χ0) is 15.2. The molecule has 0 bridgehead atoms. The van der Waals surface area contributed by atoms with E-state index in [1.54, 1.807) is 19.2 Å². The summed E-state index contributed by atoms with van der Waals surface area (Å²) < 4.78 is 18.2. The molecule has 1 amide bonds. The molecule has 3 nitrogen and oxygen atoms in total. The minimum absolute atomic E-state index is 0.165. The molecule has 0 aliphatic carbocycles. The molecule has 0 heterocycles. The van der Waals surface area contributed by atoms with Gasteiger partial charge in [-0.1, -0.05) is 6.07 Å². The van der Waals surface area contributed by atoms with Gasteiger partial charge in [0.15, 0.2) is 0 Å². The summed E-state index contributed by atoms with van der Waals surface area (Å²) in [4.78, 5) is 13.0. The molecule has 0 aromatic heterocycles. The van der Waals surface area contributed by atoms with Gasteiger partial charge in [0, 0.05) is 10.6 Å². The molecule has 0 spiro atoms. The average molecular weight is 305 g/mol. The van der Waals surface area contributed by atoms with Crippen molar-refractivity contribution in [1.29, 1.82) is 0 Å². The maximum atomic E-state index is 13.1. The van der Waals surface area contributed by atoms with Crippen LogP contribution >= 0.6 is 11.8 Å². The van der Waals surface area contributed by atoms with Crippen molar-refractivity contribution < 1.29 is 13.9 Å². The Balaban J connectivity index is 1.95. The lowest BCUT2D eigenvalue weighted by molar-refractivity contribution is -0.115. The van der Waals surface area contributed by atoms with Crippen LogP contribution in [0.25, 0.3) is 0 Å². The summed E-state index contributed by atoms with van der Waals surface area (Å²) in [6, 6.07) is 13.3. The molecule has 0 radical (unpaired) electrons. The van der Waals surface area contributed by atoms with Crippen LogP contribution in [-0.4, -0.2) is 18.3 Å². The van der Waals surface area contributed by atoms with Crippen molar-refractivity contribution in [3.05, 3.63) is 54.3 Å². The van der Waals surface area contributed by atoms with Gasteiger partial charge in [-0.15, -0.1) is 11.8 Å². The van der Waals surface area contributed by atoms with E-state index in [2.05, 4.69) is 5.32 Å². The van der Waals surface area contributed by atoms with E-state index < -0.39 is 0 Å². The van der Waals surface area contributed by atoms with E-state index in [0.717, 1.165) is 10.6 Å². The Morgan fingerprint density at radius 3 is 2.57 bits per heavy atom. The Morgan fingerprint density at radius 1 is 1.24 bits per heavy atom. The molecule has 0 aliphatic heterocycles. The fraction of sp³-hybridized carbons (Fsp3) is 0.188. The summed E-state index contributed by atoms with van der Waals surface area (Å²) in [5, 5.41) is 2.41. The molecule has 5 heteroatoms. The second-order valence-electron chi connectivity index (χ2n) is 4.44. The van der Waals surface area contributed by atoms with E-state index in [4.69, 9.17) is 4.74 Å². The fourth-order valence-electron chi connectivity index (χ4n) is 1.72. The van der Waals surface area contributed by atoms with E-state index in [9.17, 15) is 9.18 Å². The third-order valence-corrected chi connectivity index (χ3v) is 3.95. The number of halogens is 1. The number of hydrogen-bond acceptors (Lipinski definition) is 3. The average Bonchev–Trinajstić information content (AvgIpc) is 2.48. The quantitative estimate of drug-likeness (QED) is 0.850. The van der Waals surface area contributed by atoms with E-state index in [1.165, 1.54) is 23.9 Å². The van der Waals surface area contributed by atoms with E-state index in [1.807, 2.05) is 31.2 Å². The van der Waals surface area contributed by atoms with Crippen molar-refractivity contribution >= 4 is 23.4 Å². The highest BCUT2D eigenvalue weighted by atomic mass is 32.2. The Hall–Kier alpha value is -2.01. The summed E-state index contributed by atoms with van der Waals surface area (Å²) in [7, 11) is 1.61. The molecule has 2 rings (SSSR count). The van der Waals surface area contributed by atoms with Gasteiger partial charge in [0.25, 0.3) is 0 Å². The molecular weight excluding hydrogens is 289 g/mol. The van der Waals surface area contributed by atoms with E-state index in [-0.39, 0.29) is 17.0 Å². The highest BCUT2D eigenvalue weighted by Crippen LogP contribution is 2.26. The van der Waals surface area contributed by atoms with Crippen LogP contribution in [0.4, 0.5) is 10.1 Å². The Labute approximate surface area is 127 Å². The summed E-state index contributed by atoms with van der Waals surface area (Å²) in [6.45, 7) is 1.81. The number of methoxy groups -OCH3 is 1. The summed E-state index contributed by atoms with van der Waals surface area (Å²) in [5.41, 5.74) is 0.460. The van der Waals surface area contributed by atoms with Crippen molar-refractivity contribution in [3.63, 3.8) is 0 Å². The normalized spacial score (nSPS) is 11.8. The van der Waals surface area contributed by atoms with Crippen LogP contribution in [0.5, 0.6) is 5.75 Å². The Kier molecular flexibility index (Phi) is 5.22. The zero-order valence-corrected chi connectivity index (χ0v) is 12.6. The SMILES string of the molecule is COc1ccc(S[C@@H](C)C(=O)Nc2cccc(F)c2)cc1. The molecule has 0 aliphatic rings. The number of thioether (sulfide) groups is 1. The van der Waals surface area contributed by atoms with Gasteiger partial charge in [-0.2, -0.15) is 0 Å². The number of benzene rings is 2. The molecule has 1 atom stereocenters. The van der Waals surface area contributed by atoms with Crippen LogP contribution in [0.3, 0.4) is 0 Å². The summed E-state index contributed by atoms with van der Waals surface area (Å²) in [6.07, 6.45) is 0. The van der Waals surface area contributed by atoms with Gasteiger partial charge in [-0.3, -0.25) is 4.79 Å². The number of anilines is 1. The minimum atomic E-state index is -0.372. The largest absolute Gasteiger partial charge is 0.497 e. The predicted octanol–water partition coefficient (Wildman–Crippen LogP) is 3.95. The van der Waals surface area contributed by atoms with Crippen LogP contribution < -0.4 is 10.1 Å². The van der Waals surface area contributed by atoms with E-state index in [0.29, 0.717) is 5.69 Å². The Morgan fingerprint density at radius 2 is 1.95 bits per heavy atom. The zero-order valence-electron chi connectivity index (χ0n) is 11.8. The molecule has 21 heavy (non-hydrogen) atoms. The van der Waals surface area contributed by atoms with Gasteiger partial charge in [-0.25, -0.2) is 4.39 Å². The van der Waals surface area contributed by atoms with Gasteiger partial charge < -0.3 is 10.1 Å². The molecule has 0 unspecified atom stereocenters. The highest BCUT2D eigenvalue weighted by molar-refractivity contribution is 8.00. The number of hydrogen-bond donors (Lipinski definition) is 1. The first kappa shape index (κ1) is 15.4. The molecular formula is C16H16FNO2S. The molecule has 0 fully saturated rings. The topological polar surface area (TPSA) is 38.3 Å². The number of amides is 1. The molecule has 2 aromatic rings. The van der Waals surface area contributed by atoms with Gasteiger partial charge >= 0.3 is 0 Å². The smallest absolute Gasteiger partial charge is 0.237 e. The van der Waals surface area contributed by atoms with Crippen molar-refractivity contribution in [1.82, 2.24) is 0 Å². The number of ether oxygens (including phenoxy) is 1. The van der Waals surface area contributed by atoms with Crippen LogP contribution in [-0.2, 0) is 4.79 Å². The monoisotopic (exact) mass is 305 g/mol. The van der Waals surface area contributed by atoms with Gasteiger partial charge in [-0.05, 0) is 49.4 Å². The van der Waals surface area contributed by atoms with Crippen molar-refractivity contribution in [2.24, 2.45) is 0 Å². The van der Waals surface area contributed by atoms with Crippen molar-refractivity contribution in [2.45, 2.75) is 17.1 Å². The van der Waals surface area contributed by atoms with Crippen LogP contribution in [0, 0.1) is 5.82 Å². The fourth-order valence-corrected chi connectivity index (χ4v) is 2.59. The van der Waals surface area contributed by atoms with Gasteiger partial charge in [0.1, 0.15) is 11.6 Å². The number of nitrogens with one attached hydrogen (secondary N) is 1. The lowest BCUT2D eigenvalue weighted by Crippen LogP contribution is -2.22. The molecule has 110 valence electrons. The standard InChI is InChI=1S/C16H16FNO2S/c1-11(21-15-8-6-14(20-2)7-9-15)16(19)18-13-5-3-4-12(17)10-13/h3-11H,1-2H3,(H,18,19)/t11-/m0/s1. The number of rotatable bonds is 5. The minimum Gasteiger partial charge on any atom is -0.497 e. The number of carbonyl (C=O) groups is 1. The summed E-state index contributed by atoms with van der Waals surface area (Å²) in [5.74, 6) is 0.237. The summed E-state index contributed by atoms with van der Waals surface area (Å²) >= 11 is 1.43. The first-order valence-electron chi connectivity index (χ1n) is 6.45. The lowest BCUT2D eigenvalue weighted by atomic mass is 10.3. The lowest BCUT2D eigenvalue weighted by Gasteiger charge is -2.12. The number of carbonyl (C=O) groups excluding carboxylic acids is 1. The predicted molar refractivity (Wildman–Crippen MR) is 83.3 cm³/mol. The maximum absolute atomic E-state index is 13.1.